The third-order valence-corrected chi connectivity index (χ3v) is 3.51. The number of aromatic nitrogens is 1. The predicted octanol–water partition coefficient (Wildman–Crippen LogP) is 4.69. The van der Waals surface area contributed by atoms with Gasteiger partial charge in [0.25, 0.3) is 5.91 Å². The third kappa shape index (κ3) is 4.25. The fourth-order valence-corrected chi connectivity index (χ4v) is 2.02. The minimum absolute atomic E-state index is 0.0772. The normalized spacial score (nSPS) is 13.6. The average molecular weight is 387 g/mol. The number of halogens is 7. The lowest BCUT2D eigenvalue weighted by molar-refractivity contribution is -0.149. The molecule has 4 nitrogen and oxygen atoms in total. The molecule has 136 valence electrons. The van der Waals surface area contributed by atoms with Crippen LogP contribution < -0.4 is 5.32 Å². The zero-order valence-corrected chi connectivity index (χ0v) is 13.1. The molecule has 1 aromatic heterocycles. The number of nitrogens with zero attached hydrogens (tertiary/aromatic N) is 1. The van der Waals surface area contributed by atoms with E-state index < -0.39 is 40.6 Å². The molecule has 1 heterocycles. The molecule has 0 fully saturated rings. The largest absolute Gasteiger partial charge is 0.416 e. The molecule has 25 heavy (non-hydrogen) atoms. The molecule has 11 heteroatoms. The van der Waals surface area contributed by atoms with Gasteiger partial charge < -0.3 is 9.84 Å². The van der Waals surface area contributed by atoms with Gasteiger partial charge >= 0.3 is 12.4 Å². The monoisotopic (exact) mass is 386 g/mol. The van der Waals surface area contributed by atoms with Gasteiger partial charge in [0.05, 0.1) is 5.56 Å². The Morgan fingerprint density at radius 2 is 1.72 bits per heavy atom. The molecule has 0 aliphatic carbocycles. The molecule has 0 saturated heterocycles. The van der Waals surface area contributed by atoms with E-state index in [-0.39, 0.29) is 11.3 Å². The van der Waals surface area contributed by atoms with Crippen molar-refractivity contribution in [3.05, 3.63) is 40.5 Å². The predicted molar refractivity (Wildman–Crippen MR) is 74.9 cm³/mol. The summed E-state index contributed by atoms with van der Waals surface area (Å²) in [6, 6.07) is 1.45. The van der Waals surface area contributed by atoms with Crippen LogP contribution in [0.5, 0.6) is 0 Å². The first-order valence-corrected chi connectivity index (χ1v) is 6.99. The van der Waals surface area contributed by atoms with E-state index in [0.29, 0.717) is 0 Å². The number of benzene rings is 1. The van der Waals surface area contributed by atoms with Gasteiger partial charge in [-0.25, -0.2) is 0 Å². The molecule has 0 spiro atoms. The fourth-order valence-electron chi connectivity index (χ4n) is 1.76. The van der Waals surface area contributed by atoms with Gasteiger partial charge in [0.1, 0.15) is 11.1 Å². The van der Waals surface area contributed by atoms with E-state index in [4.69, 9.17) is 16.1 Å². The fraction of sp³-hybridized carbons (Fsp3) is 0.286. The van der Waals surface area contributed by atoms with E-state index in [1.54, 1.807) is 5.32 Å². The van der Waals surface area contributed by atoms with Crippen molar-refractivity contribution in [2.24, 2.45) is 0 Å². The molecule has 0 bridgehead atoms. The molecule has 0 aliphatic rings. The second kappa shape index (κ2) is 6.58. The molecule has 0 saturated carbocycles. The van der Waals surface area contributed by atoms with Crippen molar-refractivity contribution in [1.82, 2.24) is 10.5 Å². The highest BCUT2D eigenvalue weighted by Gasteiger charge is 2.38. The first kappa shape index (κ1) is 19.1. The van der Waals surface area contributed by atoms with Crippen LogP contribution in [0, 0.1) is 0 Å². The number of hydrogen-bond donors (Lipinski definition) is 1. The van der Waals surface area contributed by atoms with E-state index in [1.165, 1.54) is 0 Å². The highest BCUT2D eigenvalue weighted by atomic mass is 35.5. The maximum absolute atomic E-state index is 12.5. The molecule has 0 radical (unpaired) electrons. The van der Waals surface area contributed by atoms with Crippen molar-refractivity contribution in [3.8, 4) is 11.3 Å². The minimum atomic E-state index is -4.66. The van der Waals surface area contributed by atoms with Crippen LogP contribution in [0.15, 0.2) is 28.8 Å². The van der Waals surface area contributed by atoms with Gasteiger partial charge in [-0.3, -0.25) is 4.79 Å². The van der Waals surface area contributed by atoms with Gasteiger partial charge in [-0.05, 0) is 19.1 Å². The Bertz CT molecular complexity index is 767. The van der Waals surface area contributed by atoms with Gasteiger partial charge in [-0.1, -0.05) is 28.9 Å². The lowest BCUT2D eigenvalue weighted by Gasteiger charge is -2.16. The summed E-state index contributed by atoms with van der Waals surface area (Å²) in [6.07, 6.45) is -9.20. The number of amides is 1. The van der Waals surface area contributed by atoms with Crippen LogP contribution >= 0.6 is 11.6 Å². The van der Waals surface area contributed by atoms with Gasteiger partial charge in [0, 0.05) is 5.56 Å². The highest BCUT2D eigenvalue weighted by Crippen LogP contribution is 2.34. The maximum atomic E-state index is 12.5. The number of alkyl halides is 6. The van der Waals surface area contributed by atoms with Crippen LogP contribution in [0.4, 0.5) is 26.3 Å². The van der Waals surface area contributed by atoms with E-state index in [9.17, 15) is 31.1 Å². The molecule has 2 rings (SSSR count). The highest BCUT2D eigenvalue weighted by molar-refractivity contribution is 6.35. The van der Waals surface area contributed by atoms with E-state index in [2.05, 4.69) is 5.16 Å². The Kier molecular flexibility index (Phi) is 5.03. The average Bonchev–Trinajstić information content (AvgIpc) is 2.87. The number of carbonyl (C=O) groups excluding carboxylic acids is 1. The summed E-state index contributed by atoms with van der Waals surface area (Å²) in [7, 11) is 0. The van der Waals surface area contributed by atoms with Gasteiger partial charge in [-0.15, -0.1) is 0 Å². The van der Waals surface area contributed by atoms with Crippen LogP contribution in [0.2, 0.25) is 5.02 Å². The summed E-state index contributed by atoms with van der Waals surface area (Å²) in [4.78, 5) is 11.8. The zero-order chi connectivity index (χ0) is 19.0. The molecule has 0 unspecified atom stereocenters. The second-order valence-corrected chi connectivity index (χ2v) is 5.36. The van der Waals surface area contributed by atoms with E-state index in [0.717, 1.165) is 31.2 Å². The van der Waals surface area contributed by atoms with Crippen molar-refractivity contribution >= 4 is 17.5 Å². The van der Waals surface area contributed by atoms with Crippen molar-refractivity contribution in [1.29, 1.82) is 0 Å². The van der Waals surface area contributed by atoms with Crippen molar-refractivity contribution in [2.75, 3.05) is 0 Å². The SMILES string of the molecule is C[C@H](NC(=O)c1noc(-c2ccc(C(F)(F)F)cc2)c1Cl)C(F)(F)F. The molecular weight excluding hydrogens is 378 g/mol. The van der Waals surface area contributed by atoms with Crippen molar-refractivity contribution < 1.29 is 35.7 Å². The smallest absolute Gasteiger partial charge is 0.354 e. The number of nitrogens with one attached hydrogen (secondary N) is 1. The summed E-state index contributed by atoms with van der Waals surface area (Å²) >= 11 is 5.86. The minimum Gasteiger partial charge on any atom is -0.354 e. The second-order valence-electron chi connectivity index (χ2n) is 4.99. The van der Waals surface area contributed by atoms with Crippen LogP contribution in [0.1, 0.15) is 23.0 Å². The Morgan fingerprint density at radius 3 is 2.20 bits per heavy atom. The Hall–Kier alpha value is -2.23. The number of hydrogen-bond acceptors (Lipinski definition) is 3. The first-order chi connectivity index (χ1) is 11.4. The van der Waals surface area contributed by atoms with Crippen LogP contribution in [0.3, 0.4) is 0 Å². The molecule has 1 atom stereocenters. The van der Waals surface area contributed by atoms with Gasteiger partial charge in [0.15, 0.2) is 11.5 Å². The molecule has 1 aromatic carbocycles. The van der Waals surface area contributed by atoms with Crippen LogP contribution in [-0.2, 0) is 6.18 Å². The quantitative estimate of drug-likeness (QED) is 0.778. The number of carbonyl (C=O) groups is 1. The lowest BCUT2D eigenvalue weighted by Crippen LogP contribution is -2.43. The molecule has 0 aliphatic heterocycles. The molecular formula is C14H9ClF6N2O2. The van der Waals surface area contributed by atoms with Crippen LogP contribution in [0.25, 0.3) is 11.3 Å². The summed E-state index contributed by atoms with van der Waals surface area (Å²) < 4.78 is 79.7. The Labute approximate surface area is 141 Å². The summed E-state index contributed by atoms with van der Waals surface area (Å²) in [5.41, 5.74) is -1.44. The zero-order valence-electron chi connectivity index (χ0n) is 12.3. The molecule has 1 amide bonds. The van der Waals surface area contributed by atoms with E-state index in [1.807, 2.05) is 0 Å². The third-order valence-electron chi connectivity index (χ3n) is 3.16. The first-order valence-electron chi connectivity index (χ1n) is 6.61. The van der Waals surface area contributed by atoms with Gasteiger partial charge in [-0.2, -0.15) is 26.3 Å². The van der Waals surface area contributed by atoms with E-state index >= 15 is 0 Å². The Morgan fingerprint density at radius 1 is 1.16 bits per heavy atom. The van der Waals surface area contributed by atoms with Crippen molar-refractivity contribution in [2.45, 2.75) is 25.3 Å². The molecule has 2 aromatic rings. The van der Waals surface area contributed by atoms with Crippen LogP contribution in [-0.4, -0.2) is 23.3 Å². The van der Waals surface area contributed by atoms with Crippen molar-refractivity contribution in [3.63, 3.8) is 0 Å². The maximum Gasteiger partial charge on any atom is 0.416 e. The standard InChI is InChI=1S/C14H9ClF6N2O2/c1-6(13(16,17)18)22-12(24)10-9(15)11(25-23-10)7-2-4-8(5-3-7)14(19,20)21/h2-6H,1H3,(H,22,24)/t6-/m0/s1. The number of rotatable bonds is 3. The molecule has 1 N–H and O–H groups in total. The topological polar surface area (TPSA) is 55.1 Å². The summed E-state index contributed by atoms with van der Waals surface area (Å²) in [5.74, 6) is -1.46. The van der Waals surface area contributed by atoms with Gasteiger partial charge in [0.2, 0.25) is 0 Å². The summed E-state index contributed by atoms with van der Waals surface area (Å²) in [5, 5.41) is 4.53. The lowest BCUT2D eigenvalue weighted by atomic mass is 10.1. The summed E-state index contributed by atoms with van der Waals surface area (Å²) in [6.45, 7) is 0.725. The Balaban J connectivity index is 2.25.